The molecule has 0 spiro atoms. The van der Waals surface area contributed by atoms with Crippen LogP contribution in [0.1, 0.15) is 37.7 Å². The van der Waals surface area contributed by atoms with E-state index in [2.05, 4.69) is 0 Å². The zero-order valence-electron chi connectivity index (χ0n) is 15.5. The van der Waals surface area contributed by atoms with E-state index in [1.165, 1.54) is 21.1 Å². The van der Waals surface area contributed by atoms with Crippen LogP contribution < -0.4 is 0 Å². The maximum atomic E-state index is 14.0. The molecule has 1 fully saturated rings. The molecule has 0 aromatic heterocycles. The molecule has 1 aromatic carbocycles. The minimum Gasteiger partial charge on any atom is -0.308 e. The lowest BCUT2D eigenvalue weighted by Gasteiger charge is -2.35. The van der Waals surface area contributed by atoms with Crippen LogP contribution in [0.25, 0.3) is 0 Å². The van der Waals surface area contributed by atoms with Gasteiger partial charge in [0.2, 0.25) is 0 Å². The van der Waals surface area contributed by atoms with E-state index >= 15 is 0 Å². The molecule has 1 aliphatic carbocycles. The molecule has 5 nitrogen and oxygen atoms in total. The third-order valence-corrected chi connectivity index (χ3v) is 6.87. The molecular formula is C18H30FN3O2S. The fourth-order valence-corrected chi connectivity index (χ4v) is 4.79. The number of rotatable bonds is 8. The van der Waals surface area contributed by atoms with Crippen molar-refractivity contribution in [3.63, 3.8) is 0 Å². The van der Waals surface area contributed by atoms with E-state index < -0.39 is 10.2 Å². The number of hydrogen-bond donors (Lipinski definition) is 0. The molecule has 0 unspecified atom stereocenters. The lowest BCUT2D eigenvalue weighted by atomic mass is 9.96. The Labute approximate surface area is 151 Å². The van der Waals surface area contributed by atoms with Crippen molar-refractivity contribution in [3.8, 4) is 0 Å². The highest BCUT2D eigenvalue weighted by Gasteiger charge is 2.33. The SMILES string of the molecule is CN(C)CCN(Cc1ccccc1F)S(=O)(=O)N(C)C1CCCCC1. The maximum Gasteiger partial charge on any atom is 0.282 e. The van der Waals surface area contributed by atoms with E-state index in [4.69, 9.17) is 0 Å². The van der Waals surface area contributed by atoms with E-state index in [0.717, 1.165) is 25.7 Å². The molecule has 0 bridgehead atoms. The zero-order valence-corrected chi connectivity index (χ0v) is 16.3. The van der Waals surface area contributed by atoms with Crippen molar-refractivity contribution in [1.29, 1.82) is 0 Å². The molecule has 2 rings (SSSR count). The van der Waals surface area contributed by atoms with Gasteiger partial charge in [0, 0.05) is 38.3 Å². The molecule has 7 heteroatoms. The van der Waals surface area contributed by atoms with E-state index in [-0.39, 0.29) is 18.4 Å². The van der Waals surface area contributed by atoms with Crippen LogP contribution in [0.2, 0.25) is 0 Å². The van der Waals surface area contributed by atoms with E-state index in [1.807, 2.05) is 19.0 Å². The molecule has 1 saturated carbocycles. The third-order valence-electron chi connectivity index (χ3n) is 4.88. The highest BCUT2D eigenvalue weighted by atomic mass is 32.2. The Hall–Kier alpha value is -1.02. The lowest BCUT2D eigenvalue weighted by Crippen LogP contribution is -2.48. The number of benzene rings is 1. The van der Waals surface area contributed by atoms with Crippen LogP contribution in [-0.2, 0) is 16.8 Å². The fraction of sp³-hybridized carbons (Fsp3) is 0.667. The predicted octanol–water partition coefficient (Wildman–Crippen LogP) is 2.70. The van der Waals surface area contributed by atoms with Crippen LogP contribution in [0.5, 0.6) is 0 Å². The summed E-state index contributed by atoms with van der Waals surface area (Å²) in [5, 5.41) is 0. The largest absolute Gasteiger partial charge is 0.308 e. The Morgan fingerprint density at radius 2 is 1.68 bits per heavy atom. The molecule has 1 aliphatic rings. The van der Waals surface area contributed by atoms with Gasteiger partial charge in [0.1, 0.15) is 5.82 Å². The van der Waals surface area contributed by atoms with Gasteiger partial charge in [-0.15, -0.1) is 0 Å². The van der Waals surface area contributed by atoms with Crippen molar-refractivity contribution in [2.45, 2.75) is 44.7 Å². The average molecular weight is 372 g/mol. The van der Waals surface area contributed by atoms with E-state index in [9.17, 15) is 12.8 Å². The van der Waals surface area contributed by atoms with Crippen LogP contribution in [-0.4, -0.2) is 62.2 Å². The first-order chi connectivity index (χ1) is 11.8. The predicted molar refractivity (Wildman–Crippen MR) is 98.9 cm³/mol. The van der Waals surface area contributed by atoms with Gasteiger partial charge in [-0.1, -0.05) is 37.5 Å². The van der Waals surface area contributed by atoms with Gasteiger partial charge in [-0.25, -0.2) is 4.39 Å². The van der Waals surface area contributed by atoms with Gasteiger partial charge in [-0.2, -0.15) is 17.0 Å². The molecular weight excluding hydrogens is 341 g/mol. The Balaban J connectivity index is 2.21. The summed E-state index contributed by atoms with van der Waals surface area (Å²) in [5.41, 5.74) is 0.405. The van der Waals surface area contributed by atoms with Crippen molar-refractivity contribution >= 4 is 10.2 Å². The number of halogens is 1. The second-order valence-corrected chi connectivity index (χ2v) is 9.03. The zero-order chi connectivity index (χ0) is 18.4. The molecule has 0 saturated heterocycles. The van der Waals surface area contributed by atoms with Gasteiger partial charge < -0.3 is 4.90 Å². The smallest absolute Gasteiger partial charge is 0.282 e. The van der Waals surface area contributed by atoms with E-state index in [0.29, 0.717) is 18.7 Å². The summed E-state index contributed by atoms with van der Waals surface area (Å²) in [6.07, 6.45) is 5.10. The first-order valence-electron chi connectivity index (χ1n) is 8.93. The van der Waals surface area contributed by atoms with Crippen LogP contribution in [0, 0.1) is 5.82 Å². The van der Waals surface area contributed by atoms with Gasteiger partial charge in [0.15, 0.2) is 0 Å². The van der Waals surface area contributed by atoms with Crippen molar-refractivity contribution in [3.05, 3.63) is 35.6 Å². The third kappa shape index (κ3) is 5.48. The first kappa shape index (κ1) is 20.3. The summed E-state index contributed by atoms with van der Waals surface area (Å²) < 4.78 is 43.3. The van der Waals surface area contributed by atoms with Gasteiger partial charge in [0.25, 0.3) is 10.2 Å². The number of likely N-dealkylation sites (N-methyl/N-ethyl adjacent to an activating group) is 1. The van der Waals surface area contributed by atoms with Gasteiger partial charge in [-0.3, -0.25) is 0 Å². The second-order valence-electron chi connectivity index (χ2n) is 7.04. The summed E-state index contributed by atoms with van der Waals surface area (Å²) in [7, 11) is 1.83. The molecule has 25 heavy (non-hydrogen) atoms. The Morgan fingerprint density at radius 3 is 2.28 bits per heavy atom. The first-order valence-corrected chi connectivity index (χ1v) is 10.3. The van der Waals surface area contributed by atoms with Crippen molar-refractivity contribution in [2.75, 3.05) is 34.2 Å². The van der Waals surface area contributed by atoms with Gasteiger partial charge >= 0.3 is 0 Å². The summed E-state index contributed by atoms with van der Waals surface area (Å²) >= 11 is 0. The van der Waals surface area contributed by atoms with Crippen LogP contribution in [0.4, 0.5) is 4.39 Å². The number of hydrogen-bond acceptors (Lipinski definition) is 3. The molecule has 0 aliphatic heterocycles. The maximum absolute atomic E-state index is 14.0. The Kier molecular flexibility index (Phi) is 7.37. The molecule has 0 radical (unpaired) electrons. The van der Waals surface area contributed by atoms with Crippen LogP contribution >= 0.6 is 0 Å². The van der Waals surface area contributed by atoms with Gasteiger partial charge in [0.05, 0.1) is 0 Å². The standard InChI is InChI=1S/C18H30FN3O2S/c1-20(2)13-14-22(15-16-9-7-8-12-18(16)19)25(23,24)21(3)17-10-5-4-6-11-17/h7-9,12,17H,4-6,10-11,13-15H2,1-3H3. The fourth-order valence-electron chi connectivity index (χ4n) is 3.22. The quantitative estimate of drug-likeness (QED) is 0.706. The van der Waals surface area contributed by atoms with Gasteiger partial charge in [-0.05, 0) is 33.0 Å². The molecule has 0 atom stereocenters. The minimum absolute atomic E-state index is 0.0428. The summed E-state index contributed by atoms with van der Waals surface area (Å²) in [6, 6.07) is 6.41. The summed E-state index contributed by atoms with van der Waals surface area (Å²) in [6.45, 7) is 0.979. The Morgan fingerprint density at radius 1 is 1.04 bits per heavy atom. The van der Waals surface area contributed by atoms with Crippen molar-refractivity contribution in [1.82, 2.24) is 13.5 Å². The topological polar surface area (TPSA) is 43.9 Å². The lowest BCUT2D eigenvalue weighted by molar-refractivity contribution is 0.252. The highest BCUT2D eigenvalue weighted by Crippen LogP contribution is 2.25. The van der Waals surface area contributed by atoms with Crippen molar-refractivity contribution in [2.24, 2.45) is 0 Å². The monoisotopic (exact) mass is 371 g/mol. The summed E-state index contributed by atoms with van der Waals surface area (Å²) in [5.74, 6) is -0.368. The average Bonchev–Trinajstić information content (AvgIpc) is 2.59. The normalized spacial score (nSPS) is 16.9. The van der Waals surface area contributed by atoms with Crippen molar-refractivity contribution < 1.29 is 12.8 Å². The number of nitrogens with zero attached hydrogens (tertiary/aromatic N) is 3. The second kappa shape index (κ2) is 9.07. The molecule has 142 valence electrons. The molecule has 0 amide bonds. The highest BCUT2D eigenvalue weighted by molar-refractivity contribution is 7.86. The molecule has 0 heterocycles. The molecule has 1 aromatic rings. The minimum atomic E-state index is -3.64. The van der Waals surface area contributed by atoms with E-state index in [1.54, 1.807) is 25.2 Å². The summed E-state index contributed by atoms with van der Waals surface area (Å²) in [4.78, 5) is 1.93. The van der Waals surface area contributed by atoms with Crippen LogP contribution in [0.3, 0.4) is 0 Å². The Bertz CT molecular complexity index is 645. The molecule has 0 N–H and O–H groups in total. The van der Waals surface area contributed by atoms with Crippen LogP contribution in [0.15, 0.2) is 24.3 Å².